The molecule has 0 saturated heterocycles. The number of carbonyl (C=O) groups is 1. The van der Waals surface area contributed by atoms with Crippen LogP contribution in [0.1, 0.15) is 28.8 Å². The molecule has 1 N–H and O–H groups in total. The second-order valence-electron chi connectivity index (χ2n) is 8.05. The minimum Gasteiger partial charge on any atom is -0.480 e. The molecular formula is C25H23N5O3. The van der Waals surface area contributed by atoms with Crippen molar-refractivity contribution in [1.29, 1.82) is 0 Å². The Bertz CT molecular complexity index is 1370. The number of aryl methyl sites for hydroxylation is 1. The summed E-state index contributed by atoms with van der Waals surface area (Å²) in [5, 5.41) is 13.4. The Morgan fingerprint density at radius 3 is 2.64 bits per heavy atom. The van der Waals surface area contributed by atoms with Crippen LogP contribution in [-0.2, 0) is 0 Å². The van der Waals surface area contributed by atoms with Crippen LogP contribution in [0.2, 0.25) is 0 Å². The molecule has 5 rings (SSSR count). The molecule has 0 unspecified atom stereocenters. The SMILES string of the molecule is COc1ncc(-c2nncc3cc(-c4cc(C(=O)NC5CC5)ccc4C)ccc23)c(OC)n1. The molecule has 2 aromatic heterocycles. The minimum atomic E-state index is -0.0284. The van der Waals surface area contributed by atoms with Crippen LogP contribution in [0, 0.1) is 6.92 Å². The number of hydrogen-bond acceptors (Lipinski definition) is 7. The van der Waals surface area contributed by atoms with Crippen molar-refractivity contribution in [2.24, 2.45) is 0 Å². The van der Waals surface area contributed by atoms with E-state index < -0.39 is 0 Å². The van der Waals surface area contributed by atoms with Crippen molar-refractivity contribution < 1.29 is 14.3 Å². The first-order valence-electron chi connectivity index (χ1n) is 10.7. The first kappa shape index (κ1) is 20.8. The van der Waals surface area contributed by atoms with E-state index in [4.69, 9.17) is 9.47 Å². The van der Waals surface area contributed by atoms with Crippen LogP contribution in [0.4, 0.5) is 0 Å². The highest BCUT2D eigenvalue weighted by molar-refractivity contribution is 5.99. The molecule has 1 aliphatic carbocycles. The van der Waals surface area contributed by atoms with Gasteiger partial charge in [-0.1, -0.05) is 18.2 Å². The van der Waals surface area contributed by atoms with Crippen molar-refractivity contribution in [3.05, 3.63) is 59.9 Å². The zero-order chi connectivity index (χ0) is 22.9. The number of aromatic nitrogens is 4. The van der Waals surface area contributed by atoms with Gasteiger partial charge in [0.2, 0.25) is 5.88 Å². The quantitative estimate of drug-likeness (QED) is 0.483. The van der Waals surface area contributed by atoms with Crippen molar-refractivity contribution in [2.45, 2.75) is 25.8 Å². The molecule has 0 atom stereocenters. The molecule has 4 aromatic rings. The average molecular weight is 441 g/mol. The average Bonchev–Trinajstić information content (AvgIpc) is 3.67. The van der Waals surface area contributed by atoms with Crippen molar-refractivity contribution in [3.8, 4) is 34.3 Å². The topological polar surface area (TPSA) is 99.1 Å². The maximum absolute atomic E-state index is 12.5. The molecule has 166 valence electrons. The summed E-state index contributed by atoms with van der Waals surface area (Å²) >= 11 is 0. The lowest BCUT2D eigenvalue weighted by atomic mass is 9.95. The monoisotopic (exact) mass is 441 g/mol. The van der Waals surface area contributed by atoms with Gasteiger partial charge >= 0.3 is 6.01 Å². The van der Waals surface area contributed by atoms with Gasteiger partial charge in [0.15, 0.2) is 0 Å². The number of rotatable bonds is 6. The summed E-state index contributed by atoms with van der Waals surface area (Å²) < 4.78 is 10.5. The van der Waals surface area contributed by atoms with Gasteiger partial charge in [0, 0.05) is 28.6 Å². The molecule has 1 saturated carbocycles. The highest BCUT2D eigenvalue weighted by Gasteiger charge is 2.24. The maximum atomic E-state index is 12.5. The highest BCUT2D eigenvalue weighted by atomic mass is 16.5. The van der Waals surface area contributed by atoms with Crippen molar-refractivity contribution in [3.63, 3.8) is 0 Å². The molecule has 1 aliphatic rings. The van der Waals surface area contributed by atoms with E-state index in [1.165, 1.54) is 14.2 Å². The summed E-state index contributed by atoms with van der Waals surface area (Å²) in [7, 11) is 3.04. The fourth-order valence-electron chi connectivity index (χ4n) is 3.79. The Kier molecular flexibility index (Phi) is 5.34. The molecule has 0 radical (unpaired) electrons. The number of fused-ring (bicyclic) bond motifs is 1. The van der Waals surface area contributed by atoms with E-state index in [1.807, 2.05) is 37.3 Å². The molecule has 8 heteroatoms. The lowest BCUT2D eigenvalue weighted by Gasteiger charge is -2.12. The maximum Gasteiger partial charge on any atom is 0.319 e. The number of hydrogen-bond donors (Lipinski definition) is 1. The van der Waals surface area contributed by atoms with Crippen LogP contribution >= 0.6 is 0 Å². The third-order valence-corrected chi connectivity index (χ3v) is 5.75. The van der Waals surface area contributed by atoms with E-state index in [0.29, 0.717) is 28.7 Å². The molecule has 2 heterocycles. The van der Waals surface area contributed by atoms with E-state index in [0.717, 1.165) is 40.3 Å². The summed E-state index contributed by atoms with van der Waals surface area (Å²) in [5.74, 6) is 0.331. The third-order valence-electron chi connectivity index (χ3n) is 5.75. The standard InChI is InChI=1S/C25H23N5O3/c1-14-4-5-16(23(31)28-18-7-8-18)11-20(14)15-6-9-19-17(10-15)12-27-30-22(19)21-13-26-25(33-3)29-24(21)32-2/h4-6,9-13,18H,7-8H2,1-3H3,(H,28,31). The minimum absolute atomic E-state index is 0.0284. The number of carbonyl (C=O) groups excluding carboxylic acids is 1. The van der Waals surface area contributed by atoms with Gasteiger partial charge in [-0.3, -0.25) is 4.79 Å². The molecule has 1 fully saturated rings. The number of ether oxygens (including phenoxy) is 2. The lowest BCUT2D eigenvalue weighted by molar-refractivity contribution is 0.0951. The van der Waals surface area contributed by atoms with Gasteiger partial charge in [-0.25, -0.2) is 4.98 Å². The first-order chi connectivity index (χ1) is 16.1. The Balaban J connectivity index is 1.56. The summed E-state index contributed by atoms with van der Waals surface area (Å²) in [4.78, 5) is 21.0. The fraction of sp³-hybridized carbons (Fsp3) is 0.240. The van der Waals surface area contributed by atoms with Gasteiger partial charge in [-0.2, -0.15) is 10.1 Å². The second kappa shape index (κ2) is 8.46. The summed E-state index contributed by atoms with van der Waals surface area (Å²) in [6.45, 7) is 2.04. The number of nitrogens with one attached hydrogen (secondary N) is 1. The van der Waals surface area contributed by atoms with Crippen molar-refractivity contribution in [1.82, 2.24) is 25.5 Å². The zero-order valence-electron chi connectivity index (χ0n) is 18.6. The van der Waals surface area contributed by atoms with Crippen LogP contribution in [0.15, 0.2) is 48.8 Å². The van der Waals surface area contributed by atoms with Crippen molar-refractivity contribution >= 4 is 16.7 Å². The lowest BCUT2D eigenvalue weighted by Crippen LogP contribution is -2.25. The smallest absolute Gasteiger partial charge is 0.319 e. The number of methoxy groups -OCH3 is 2. The molecule has 2 aromatic carbocycles. The van der Waals surface area contributed by atoms with Gasteiger partial charge in [-0.05, 0) is 54.7 Å². The summed E-state index contributed by atoms with van der Waals surface area (Å²) in [6.07, 6.45) is 5.46. The van der Waals surface area contributed by atoms with Crippen LogP contribution in [0.3, 0.4) is 0 Å². The van der Waals surface area contributed by atoms with Gasteiger partial charge in [-0.15, -0.1) is 5.10 Å². The number of benzene rings is 2. The predicted molar refractivity (Wildman–Crippen MR) is 124 cm³/mol. The number of amides is 1. The van der Waals surface area contributed by atoms with E-state index in [-0.39, 0.29) is 11.9 Å². The molecule has 8 nitrogen and oxygen atoms in total. The Labute approximate surface area is 191 Å². The molecule has 0 bridgehead atoms. The van der Waals surface area contributed by atoms with Gasteiger partial charge in [0.25, 0.3) is 5.91 Å². The molecule has 1 amide bonds. The predicted octanol–water partition coefficient (Wildman–Crippen LogP) is 3.97. The fourth-order valence-corrected chi connectivity index (χ4v) is 3.79. The normalized spacial score (nSPS) is 13.1. The largest absolute Gasteiger partial charge is 0.480 e. The Morgan fingerprint density at radius 1 is 1.03 bits per heavy atom. The van der Waals surface area contributed by atoms with Gasteiger partial charge in [0.05, 0.1) is 26.0 Å². The van der Waals surface area contributed by atoms with Crippen molar-refractivity contribution in [2.75, 3.05) is 14.2 Å². The molecule has 33 heavy (non-hydrogen) atoms. The molecule has 0 aliphatic heterocycles. The number of nitrogens with zero attached hydrogens (tertiary/aromatic N) is 4. The second-order valence-corrected chi connectivity index (χ2v) is 8.05. The van der Waals surface area contributed by atoms with Gasteiger partial charge < -0.3 is 14.8 Å². The van der Waals surface area contributed by atoms with E-state index >= 15 is 0 Å². The third kappa shape index (κ3) is 4.07. The van der Waals surface area contributed by atoms with E-state index in [1.54, 1.807) is 12.4 Å². The van der Waals surface area contributed by atoms with Crippen LogP contribution < -0.4 is 14.8 Å². The molecule has 0 spiro atoms. The summed E-state index contributed by atoms with van der Waals surface area (Å²) in [6, 6.07) is 12.4. The Morgan fingerprint density at radius 2 is 1.88 bits per heavy atom. The summed E-state index contributed by atoms with van der Waals surface area (Å²) in [5.41, 5.74) is 5.00. The zero-order valence-corrected chi connectivity index (χ0v) is 18.6. The van der Waals surface area contributed by atoms with Gasteiger partial charge in [0.1, 0.15) is 5.69 Å². The van der Waals surface area contributed by atoms with Crippen LogP contribution in [0.5, 0.6) is 11.9 Å². The van der Waals surface area contributed by atoms with E-state index in [9.17, 15) is 4.79 Å². The highest BCUT2D eigenvalue weighted by Crippen LogP contribution is 2.34. The Hall–Kier alpha value is -4.07. The first-order valence-corrected chi connectivity index (χ1v) is 10.7. The van der Waals surface area contributed by atoms with E-state index in [2.05, 4.69) is 31.5 Å². The molecular weight excluding hydrogens is 418 g/mol. The van der Waals surface area contributed by atoms with Crippen LogP contribution in [-0.4, -0.2) is 46.3 Å². The van der Waals surface area contributed by atoms with Crippen LogP contribution in [0.25, 0.3) is 33.2 Å².